The lowest BCUT2D eigenvalue weighted by molar-refractivity contribution is -0.138. The lowest BCUT2D eigenvalue weighted by atomic mass is 9.89. The molecule has 0 radical (unpaired) electrons. The number of aromatic amines is 1. The molecule has 0 bridgehead atoms. The molecule has 0 aromatic carbocycles. The van der Waals surface area contributed by atoms with Gasteiger partial charge >= 0.3 is 11.8 Å². The highest BCUT2D eigenvalue weighted by atomic mass is 16.2. The van der Waals surface area contributed by atoms with Gasteiger partial charge in [0.05, 0.1) is 11.7 Å². The van der Waals surface area contributed by atoms with Crippen LogP contribution in [0.4, 0.5) is 0 Å². The predicted octanol–water partition coefficient (Wildman–Crippen LogP) is 1.76. The fourth-order valence-electron chi connectivity index (χ4n) is 3.19. The zero-order valence-corrected chi connectivity index (χ0v) is 17.8. The van der Waals surface area contributed by atoms with E-state index in [9.17, 15) is 14.4 Å². The number of primary amides is 1. The van der Waals surface area contributed by atoms with Crippen LogP contribution in [0.5, 0.6) is 0 Å². The van der Waals surface area contributed by atoms with Gasteiger partial charge in [-0.3, -0.25) is 14.4 Å². The number of allylic oxidation sites excluding steroid dienone is 3. The molecule has 0 aliphatic heterocycles. The van der Waals surface area contributed by atoms with Crippen molar-refractivity contribution in [2.45, 2.75) is 51.5 Å². The highest BCUT2D eigenvalue weighted by molar-refractivity contribution is 6.34. The molecule has 31 heavy (non-hydrogen) atoms. The summed E-state index contributed by atoms with van der Waals surface area (Å²) in [6, 6.07) is 1.87. The summed E-state index contributed by atoms with van der Waals surface area (Å²) in [6.07, 6.45) is 14.3. The summed E-state index contributed by atoms with van der Waals surface area (Å²) < 4.78 is 0. The molecule has 0 fully saturated rings. The third-order valence-electron chi connectivity index (χ3n) is 4.93. The molecule has 1 aliphatic rings. The van der Waals surface area contributed by atoms with E-state index in [2.05, 4.69) is 26.7 Å². The molecule has 0 spiro atoms. The summed E-state index contributed by atoms with van der Waals surface area (Å²) >= 11 is 0. The smallest absolute Gasteiger partial charge is 0.309 e. The number of rotatable bonds is 8. The zero-order chi connectivity index (χ0) is 22.9. The van der Waals surface area contributed by atoms with E-state index in [0.29, 0.717) is 0 Å². The number of nitrogens with one attached hydrogen (secondary N) is 3. The number of carbonyl (C=O) groups is 3. The van der Waals surface area contributed by atoms with Gasteiger partial charge in [-0.05, 0) is 51.5 Å². The Bertz CT molecular complexity index is 962. The van der Waals surface area contributed by atoms with E-state index >= 15 is 0 Å². The van der Waals surface area contributed by atoms with Crippen LogP contribution in [-0.2, 0) is 9.59 Å². The summed E-state index contributed by atoms with van der Waals surface area (Å²) in [5, 5.41) is 14.1. The monoisotopic (exact) mass is 424 g/mol. The van der Waals surface area contributed by atoms with Gasteiger partial charge in [0.25, 0.3) is 5.91 Å². The Morgan fingerprint density at radius 3 is 2.74 bits per heavy atom. The Morgan fingerprint density at radius 1 is 1.35 bits per heavy atom. The first-order valence-corrected chi connectivity index (χ1v) is 10.1. The van der Waals surface area contributed by atoms with Crippen molar-refractivity contribution in [2.75, 3.05) is 6.54 Å². The van der Waals surface area contributed by atoms with Gasteiger partial charge in [0.15, 0.2) is 5.82 Å². The number of hydrogen-bond acceptors (Lipinski definition) is 5. The van der Waals surface area contributed by atoms with Crippen LogP contribution in [0.2, 0.25) is 0 Å². The molecule has 164 valence electrons. The van der Waals surface area contributed by atoms with Crippen molar-refractivity contribution < 1.29 is 14.4 Å². The molecular weight excluding hydrogens is 396 g/mol. The van der Waals surface area contributed by atoms with Crippen LogP contribution in [0.3, 0.4) is 0 Å². The zero-order valence-electron chi connectivity index (χ0n) is 17.8. The third-order valence-corrected chi connectivity index (χ3v) is 4.93. The molecule has 0 saturated heterocycles. The number of nitriles is 1. The van der Waals surface area contributed by atoms with Crippen molar-refractivity contribution in [3.63, 3.8) is 0 Å². The van der Waals surface area contributed by atoms with Crippen molar-refractivity contribution in [1.82, 2.24) is 20.6 Å². The van der Waals surface area contributed by atoms with Crippen molar-refractivity contribution >= 4 is 17.7 Å². The Balaban J connectivity index is 2.08. The molecule has 1 aromatic heterocycles. The quantitative estimate of drug-likeness (QED) is 0.284. The maximum atomic E-state index is 12.1. The fraction of sp³-hybridized carbons (Fsp3) is 0.409. The average Bonchev–Trinajstić information content (AvgIpc) is 3.22. The van der Waals surface area contributed by atoms with Crippen molar-refractivity contribution in [2.24, 2.45) is 5.73 Å². The number of nitrogens with zero attached hydrogens (tertiary/aromatic N) is 2. The normalized spacial score (nSPS) is 14.6. The van der Waals surface area contributed by atoms with Crippen LogP contribution >= 0.6 is 0 Å². The molecule has 0 atom stereocenters. The predicted molar refractivity (Wildman–Crippen MR) is 115 cm³/mol. The number of hydrogen-bond donors (Lipinski definition) is 4. The topological polar surface area (TPSA) is 154 Å². The standard InChI is InChI=1S/C22H28N6O3/c1-22(2,28-20(30)18(24)29)16(11-10-15-7-4-3-5-8-15)9-6-12-25-21(31)19-26-14-17(13-23)27-19/h6-7,9,11,14H,3-5,8,10,12H2,1-2H3,(H2,24,29)(H,25,31)(H,26,27)(H,28,30)/b9-6-,16-11+. The van der Waals surface area contributed by atoms with Gasteiger partial charge in [0.2, 0.25) is 0 Å². The van der Waals surface area contributed by atoms with E-state index in [1.165, 1.54) is 24.6 Å². The Morgan fingerprint density at radius 2 is 2.13 bits per heavy atom. The summed E-state index contributed by atoms with van der Waals surface area (Å²) in [5.41, 5.74) is 6.57. The number of nitrogens with two attached hydrogens (primary N) is 1. The van der Waals surface area contributed by atoms with Crippen molar-refractivity contribution in [1.29, 1.82) is 5.26 Å². The largest absolute Gasteiger partial charge is 0.361 e. The van der Waals surface area contributed by atoms with Gasteiger partial charge in [-0.15, -0.1) is 0 Å². The molecule has 0 saturated carbocycles. The molecule has 1 aromatic rings. The highest BCUT2D eigenvalue weighted by Gasteiger charge is 2.26. The van der Waals surface area contributed by atoms with Crippen molar-refractivity contribution in [3.8, 4) is 6.07 Å². The maximum Gasteiger partial charge on any atom is 0.309 e. The number of aromatic nitrogens is 2. The fourth-order valence-corrected chi connectivity index (χ4v) is 3.19. The summed E-state index contributed by atoms with van der Waals surface area (Å²) in [6.45, 7) is 3.77. The minimum Gasteiger partial charge on any atom is -0.361 e. The molecule has 9 heteroatoms. The third kappa shape index (κ3) is 7.26. The molecule has 9 nitrogen and oxygen atoms in total. The van der Waals surface area contributed by atoms with Crippen LogP contribution in [0.15, 0.2) is 41.6 Å². The SMILES string of the molecule is CC(C)(NC(=O)C(N)=O)C(/C=C\CNC(=O)c1ncc(C#N)[nH]1)=C/CC1=CCCCC1. The number of imidazole rings is 1. The minimum atomic E-state index is -1.05. The first-order valence-electron chi connectivity index (χ1n) is 10.1. The lowest BCUT2D eigenvalue weighted by Crippen LogP contribution is -2.49. The lowest BCUT2D eigenvalue weighted by Gasteiger charge is -2.28. The van der Waals surface area contributed by atoms with Gasteiger partial charge in [0.1, 0.15) is 11.8 Å². The molecule has 3 amide bonds. The van der Waals surface area contributed by atoms with E-state index in [0.717, 1.165) is 24.8 Å². The van der Waals surface area contributed by atoms with Gasteiger partial charge in [0, 0.05) is 6.54 Å². The molecule has 1 aliphatic carbocycles. The molecular formula is C22H28N6O3. The second kappa shape index (κ2) is 10.9. The van der Waals surface area contributed by atoms with E-state index < -0.39 is 23.3 Å². The summed E-state index contributed by atoms with van der Waals surface area (Å²) in [4.78, 5) is 41.6. The van der Waals surface area contributed by atoms with Crippen molar-refractivity contribution in [3.05, 3.63) is 53.2 Å². The van der Waals surface area contributed by atoms with E-state index in [-0.39, 0.29) is 18.1 Å². The average molecular weight is 425 g/mol. The molecule has 0 unspecified atom stereocenters. The number of amides is 3. The summed E-state index contributed by atoms with van der Waals surface area (Å²) in [5.74, 6) is -2.29. The second-order valence-corrected chi connectivity index (χ2v) is 7.78. The van der Waals surface area contributed by atoms with E-state index in [4.69, 9.17) is 11.0 Å². The second-order valence-electron chi connectivity index (χ2n) is 7.78. The van der Waals surface area contributed by atoms with Gasteiger partial charge < -0.3 is 21.4 Å². The molecule has 1 heterocycles. The van der Waals surface area contributed by atoms with Gasteiger partial charge in [-0.2, -0.15) is 5.26 Å². The van der Waals surface area contributed by atoms with Gasteiger partial charge in [-0.25, -0.2) is 4.98 Å². The minimum absolute atomic E-state index is 0.0546. The Labute approximate surface area is 181 Å². The first kappa shape index (κ1) is 23.6. The highest BCUT2D eigenvalue weighted by Crippen LogP contribution is 2.24. The Kier molecular flexibility index (Phi) is 8.32. The van der Waals surface area contributed by atoms with Gasteiger partial charge in [-0.1, -0.05) is 29.9 Å². The molecule has 5 N–H and O–H groups in total. The van der Waals surface area contributed by atoms with Crippen LogP contribution in [0.25, 0.3) is 0 Å². The molecule has 2 rings (SSSR count). The van der Waals surface area contributed by atoms with Crippen LogP contribution < -0.4 is 16.4 Å². The van der Waals surface area contributed by atoms with E-state index in [1.54, 1.807) is 26.0 Å². The maximum absolute atomic E-state index is 12.1. The van der Waals surface area contributed by atoms with Crippen LogP contribution in [0.1, 0.15) is 62.3 Å². The first-order chi connectivity index (χ1) is 14.7. The number of carbonyl (C=O) groups excluding carboxylic acids is 3. The van der Waals surface area contributed by atoms with Crippen LogP contribution in [0, 0.1) is 11.3 Å². The number of H-pyrrole nitrogens is 1. The Hall–Kier alpha value is -3.67. The van der Waals surface area contributed by atoms with E-state index in [1.807, 2.05) is 12.1 Å². The summed E-state index contributed by atoms with van der Waals surface area (Å²) in [7, 11) is 0. The van der Waals surface area contributed by atoms with Crippen LogP contribution in [-0.4, -0.2) is 39.8 Å².